The minimum absolute atomic E-state index is 0.229. The Balaban J connectivity index is 1.79. The van der Waals surface area contributed by atoms with Gasteiger partial charge in [0.1, 0.15) is 17.3 Å². The first-order valence-electron chi connectivity index (χ1n) is 10.7. The van der Waals surface area contributed by atoms with Crippen LogP contribution in [0.4, 0.5) is 5.69 Å². The number of esters is 1. The van der Waals surface area contributed by atoms with Gasteiger partial charge in [-0.15, -0.1) is 0 Å². The van der Waals surface area contributed by atoms with Crippen LogP contribution in [0.15, 0.2) is 18.2 Å². The number of aryl methyl sites for hydroxylation is 1. The van der Waals surface area contributed by atoms with Gasteiger partial charge in [0, 0.05) is 19.2 Å². The average molecular weight is 420 g/mol. The molecule has 1 aromatic rings. The number of benzene rings is 1. The Kier molecular flexibility index (Phi) is 7.36. The predicted octanol–water partition coefficient (Wildman–Crippen LogP) is 3.48. The van der Waals surface area contributed by atoms with E-state index in [4.69, 9.17) is 18.9 Å². The summed E-state index contributed by atoms with van der Waals surface area (Å²) in [6.07, 6.45) is 3.78. The molecule has 0 spiro atoms. The van der Waals surface area contributed by atoms with Crippen molar-refractivity contribution in [2.45, 2.75) is 64.8 Å². The van der Waals surface area contributed by atoms with Gasteiger partial charge >= 0.3 is 5.97 Å². The highest BCUT2D eigenvalue weighted by Gasteiger charge is 2.37. The number of rotatable bonds is 6. The molecule has 7 nitrogen and oxygen atoms in total. The van der Waals surface area contributed by atoms with Crippen LogP contribution in [0.2, 0.25) is 0 Å². The highest BCUT2D eigenvalue weighted by atomic mass is 16.7. The summed E-state index contributed by atoms with van der Waals surface area (Å²) in [6.45, 7) is 6.78. The van der Waals surface area contributed by atoms with Gasteiger partial charge in [-0.3, -0.25) is 9.59 Å². The molecule has 3 rings (SSSR count). The molecule has 1 aromatic carbocycles. The Morgan fingerprint density at radius 1 is 1.23 bits per heavy atom. The summed E-state index contributed by atoms with van der Waals surface area (Å²) < 4.78 is 22.4. The van der Waals surface area contributed by atoms with E-state index in [1.165, 1.54) is 0 Å². The van der Waals surface area contributed by atoms with E-state index >= 15 is 0 Å². The van der Waals surface area contributed by atoms with Crippen LogP contribution >= 0.6 is 0 Å². The van der Waals surface area contributed by atoms with Crippen molar-refractivity contribution in [2.24, 2.45) is 5.92 Å². The van der Waals surface area contributed by atoms with Crippen LogP contribution in [-0.2, 0) is 30.2 Å². The molecule has 2 atom stereocenters. The molecule has 2 unspecified atom stereocenters. The van der Waals surface area contributed by atoms with Gasteiger partial charge in [0.2, 0.25) is 5.91 Å². The second-order valence-corrected chi connectivity index (χ2v) is 8.78. The van der Waals surface area contributed by atoms with E-state index in [0.717, 1.165) is 30.5 Å². The van der Waals surface area contributed by atoms with Gasteiger partial charge in [-0.2, -0.15) is 0 Å². The number of nitrogens with zero attached hydrogens (tertiary/aromatic N) is 1. The first kappa shape index (κ1) is 22.6. The van der Waals surface area contributed by atoms with E-state index in [-0.39, 0.29) is 12.2 Å². The summed E-state index contributed by atoms with van der Waals surface area (Å²) in [7, 11) is 1.59. The van der Waals surface area contributed by atoms with Crippen LogP contribution in [0, 0.1) is 5.92 Å². The fraction of sp³-hybridized carbons (Fsp3) is 0.652. The standard InChI is InChI=1S/C23H33NO6/c1-23(2,3)30-22(26)18-11-9-16-8-10-17(27-4)15-19(16)24(21(18)25)12-14-29-20-7-5-6-13-28-20/h8,10,15,18,20H,5-7,9,11-14H2,1-4H3. The molecule has 2 aliphatic rings. The number of carbonyl (C=O) groups is 2. The summed E-state index contributed by atoms with van der Waals surface area (Å²) >= 11 is 0. The number of ether oxygens (including phenoxy) is 4. The third kappa shape index (κ3) is 5.73. The molecule has 1 fully saturated rings. The smallest absolute Gasteiger partial charge is 0.319 e. The summed E-state index contributed by atoms with van der Waals surface area (Å²) in [6, 6.07) is 5.68. The molecule has 7 heteroatoms. The molecule has 0 radical (unpaired) electrons. The van der Waals surface area contributed by atoms with Crippen molar-refractivity contribution in [3.63, 3.8) is 0 Å². The SMILES string of the molecule is COc1ccc2c(c1)N(CCOC1CCCCO1)C(=O)C(C(=O)OC(C)(C)C)CC2. The van der Waals surface area contributed by atoms with Gasteiger partial charge < -0.3 is 23.8 Å². The number of hydrogen-bond donors (Lipinski definition) is 0. The van der Waals surface area contributed by atoms with Gasteiger partial charge in [0.15, 0.2) is 6.29 Å². The number of anilines is 1. The first-order chi connectivity index (χ1) is 14.3. The highest BCUT2D eigenvalue weighted by molar-refractivity contribution is 6.07. The van der Waals surface area contributed by atoms with Crippen molar-refractivity contribution in [1.82, 2.24) is 0 Å². The van der Waals surface area contributed by atoms with Crippen LogP contribution in [0.1, 0.15) is 52.0 Å². The van der Waals surface area contributed by atoms with Crippen molar-refractivity contribution in [1.29, 1.82) is 0 Å². The third-order valence-corrected chi connectivity index (χ3v) is 5.30. The molecular weight excluding hydrogens is 386 g/mol. The number of amides is 1. The van der Waals surface area contributed by atoms with Crippen LogP contribution < -0.4 is 9.64 Å². The highest BCUT2D eigenvalue weighted by Crippen LogP contribution is 2.33. The Bertz CT molecular complexity index is 751. The van der Waals surface area contributed by atoms with Crippen molar-refractivity contribution in [3.8, 4) is 5.75 Å². The predicted molar refractivity (Wildman–Crippen MR) is 113 cm³/mol. The van der Waals surface area contributed by atoms with Crippen molar-refractivity contribution in [2.75, 3.05) is 31.8 Å². The fourth-order valence-corrected chi connectivity index (χ4v) is 3.80. The van der Waals surface area contributed by atoms with Gasteiger partial charge in [0.25, 0.3) is 0 Å². The lowest BCUT2D eigenvalue weighted by Gasteiger charge is -2.29. The van der Waals surface area contributed by atoms with E-state index < -0.39 is 17.5 Å². The molecule has 0 aromatic heterocycles. The molecule has 1 saturated heterocycles. The second kappa shape index (κ2) is 9.79. The van der Waals surface area contributed by atoms with Gasteiger partial charge in [-0.25, -0.2) is 0 Å². The van der Waals surface area contributed by atoms with Crippen molar-refractivity contribution >= 4 is 17.6 Å². The van der Waals surface area contributed by atoms with Crippen LogP contribution in [0.3, 0.4) is 0 Å². The summed E-state index contributed by atoms with van der Waals surface area (Å²) in [5.74, 6) is -0.912. The van der Waals surface area contributed by atoms with Crippen molar-refractivity contribution < 1.29 is 28.5 Å². The minimum atomic E-state index is -0.839. The third-order valence-electron chi connectivity index (χ3n) is 5.30. The first-order valence-corrected chi connectivity index (χ1v) is 10.7. The molecule has 0 saturated carbocycles. The van der Waals surface area contributed by atoms with Crippen LogP contribution in [-0.4, -0.2) is 50.6 Å². The normalized spacial score (nSPS) is 22.3. The summed E-state index contributed by atoms with van der Waals surface area (Å²) in [5.41, 5.74) is 1.12. The fourth-order valence-electron chi connectivity index (χ4n) is 3.80. The van der Waals surface area contributed by atoms with Crippen LogP contribution in [0.25, 0.3) is 0 Å². The average Bonchev–Trinajstić information content (AvgIpc) is 2.84. The van der Waals surface area contributed by atoms with E-state index in [2.05, 4.69) is 0 Å². The zero-order valence-corrected chi connectivity index (χ0v) is 18.4. The lowest BCUT2D eigenvalue weighted by Crippen LogP contribution is -2.43. The maximum atomic E-state index is 13.4. The van der Waals surface area contributed by atoms with E-state index in [1.54, 1.807) is 12.0 Å². The van der Waals surface area contributed by atoms with Gasteiger partial charge in [-0.1, -0.05) is 6.07 Å². The molecule has 30 heavy (non-hydrogen) atoms. The lowest BCUT2D eigenvalue weighted by atomic mass is 10.00. The van der Waals surface area contributed by atoms with Crippen molar-refractivity contribution in [3.05, 3.63) is 23.8 Å². The number of methoxy groups -OCH3 is 1. The molecule has 0 aliphatic carbocycles. The maximum absolute atomic E-state index is 13.4. The summed E-state index contributed by atoms with van der Waals surface area (Å²) in [4.78, 5) is 27.8. The lowest BCUT2D eigenvalue weighted by molar-refractivity contribution is -0.164. The second-order valence-electron chi connectivity index (χ2n) is 8.78. The Hall–Kier alpha value is -2.12. The Labute approximate surface area is 178 Å². The minimum Gasteiger partial charge on any atom is -0.497 e. The monoisotopic (exact) mass is 419 g/mol. The number of fused-ring (bicyclic) bond motifs is 1. The molecular formula is C23H33NO6. The zero-order valence-electron chi connectivity index (χ0n) is 18.4. The molecule has 2 aliphatic heterocycles. The van der Waals surface area contributed by atoms with E-state index in [0.29, 0.717) is 38.3 Å². The van der Waals surface area contributed by atoms with E-state index in [9.17, 15) is 9.59 Å². The Morgan fingerprint density at radius 3 is 2.70 bits per heavy atom. The van der Waals surface area contributed by atoms with E-state index in [1.807, 2.05) is 39.0 Å². The topological polar surface area (TPSA) is 74.3 Å². The molecule has 1 amide bonds. The number of carbonyl (C=O) groups excluding carboxylic acids is 2. The van der Waals surface area contributed by atoms with Gasteiger partial charge in [-0.05, 0) is 64.5 Å². The maximum Gasteiger partial charge on any atom is 0.319 e. The molecule has 0 N–H and O–H groups in total. The Morgan fingerprint density at radius 2 is 2.03 bits per heavy atom. The quantitative estimate of drug-likeness (QED) is 0.519. The largest absolute Gasteiger partial charge is 0.497 e. The molecule has 2 heterocycles. The van der Waals surface area contributed by atoms with Gasteiger partial charge in [0.05, 0.1) is 19.4 Å². The summed E-state index contributed by atoms with van der Waals surface area (Å²) in [5, 5.41) is 0. The molecule has 0 bridgehead atoms. The van der Waals surface area contributed by atoms with Crippen LogP contribution in [0.5, 0.6) is 5.75 Å². The zero-order chi connectivity index (χ0) is 21.7. The molecule has 166 valence electrons. The number of hydrogen-bond acceptors (Lipinski definition) is 6.